The van der Waals surface area contributed by atoms with Crippen molar-refractivity contribution in [2.45, 2.75) is 37.2 Å². The van der Waals surface area contributed by atoms with E-state index in [-0.39, 0.29) is 36.8 Å². The zero-order chi connectivity index (χ0) is 22.5. The number of amides is 1. The van der Waals surface area contributed by atoms with Gasteiger partial charge in [-0.25, -0.2) is 4.98 Å². The molecule has 2 aliphatic heterocycles. The number of aromatic nitrogens is 1. The molecule has 0 spiro atoms. The van der Waals surface area contributed by atoms with Crippen molar-refractivity contribution in [2.75, 3.05) is 18.0 Å². The third-order valence-electron chi connectivity index (χ3n) is 5.07. The normalized spacial score (nSPS) is 26.0. The number of rotatable bonds is 2. The fourth-order valence-corrected chi connectivity index (χ4v) is 4.39. The first-order valence-corrected chi connectivity index (χ1v) is 9.56. The fourth-order valence-electron chi connectivity index (χ4n) is 3.50. The summed E-state index contributed by atoms with van der Waals surface area (Å²) in [6, 6.07) is 0. The Morgan fingerprint density at radius 3 is 2.33 bits per heavy atom. The van der Waals surface area contributed by atoms with Gasteiger partial charge in [0.15, 0.2) is 16.4 Å². The first-order valence-electron chi connectivity index (χ1n) is 8.68. The van der Waals surface area contributed by atoms with Crippen LogP contribution in [0.15, 0.2) is 21.6 Å². The number of nitrogens with two attached hydrogens (primary N) is 2. The van der Waals surface area contributed by atoms with Gasteiger partial charge in [0.1, 0.15) is 5.84 Å². The van der Waals surface area contributed by atoms with Gasteiger partial charge in [0.2, 0.25) is 0 Å². The Labute approximate surface area is 170 Å². The average molecular weight is 457 g/mol. The van der Waals surface area contributed by atoms with Crippen molar-refractivity contribution in [3.8, 4) is 0 Å². The lowest BCUT2D eigenvalue weighted by molar-refractivity contribution is -0.244. The molecular weight excluding hydrogens is 440 g/mol. The van der Waals surface area contributed by atoms with Crippen LogP contribution in [0.2, 0.25) is 0 Å². The highest BCUT2D eigenvalue weighted by Crippen LogP contribution is 2.43. The van der Waals surface area contributed by atoms with E-state index < -0.39 is 53.3 Å². The minimum absolute atomic E-state index is 0.142. The maximum Gasteiger partial charge on any atom is 0.434 e. The molecule has 0 aromatic carbocycles. The molecule has 1 saturated heterocycles. The van der Waals surface area contributed by atoms with Crippen molar-refractivity contribution in [3.63, 3.8) is 0 Å². The third kappa shape index (κ3) is 3.97. The summed E-state index contributed by atoms with van der Waals surface area (Å²) >= 11 is 0.811. The molecule has 7 nitrogen and oxygen atoms in total. The molecule has 1 amide bonds. The Hall–Kier alpha value is -2.35. The molecule has 166 valence electrons. The van der Waals surface area contributed by atoms with Crippen LogP contribution >= 0.6 is 11.3 Å². The van der Waals surface area contributed by atoms with Crippen LogP contribution in [0.5, 0.6) is 0 Å². The second kappa shape index (κ2) is 7.41. The number of hydrogen-bond acceptors (Lipinski definition) is 7. The molecular formula is C16H17F6N5O2S. The van der Waals surface area contributed by atoms with E-state index in [1.807, 2.05) is 0 Å². The number of piperidine rings is 1. The molecule has 2 aliphatic rings. The van der Waals surface area contributed by atoms with Crippen molar-refractivity contribution in [3.05, 3.63) is 22.3 Å². The summed E-state index contributed by atoms with van der Waals surface area (Å²) in [4.78, 5) is 19.9. The fraction of sp³-hybridized carbons (Fsp3) is 0.562. The van der Waals surface area contributed by atoms with E-state index in [0.29, 0.717) is 0 Å². The number of nitrogens with zero attached hydrogens (tertiary/aromatic N) is 3. The molecule has 1 unspecified atom stereocenters. The summed E-state index contributed by atoms with van der Waals surface area (Å²) in [5.74, 6) is -2.65. The Morgan fingerprint density at radius 1 is 1.23 bits per heavy atom. The minimum Gasteiger partial charge on any atom is -0.401 e. The molecule has 3 heterocycles. The summed E-state index contributed by atoms with van der Waals surface area (Å²) in [6.45, 7) is 0.369. The largest absolute Gasteiger partial charge is 0.434 e. The number of carbonyl (C=O) groups excluding carboxylic acids is 1. The number of halogens is 6. The number of allylic oxidation sites excluding steroid dienone is 1. The average Bonchev–Trinajstić information content (AvgIpc) is 3.10. The summed E-state index contributed by atoms with van der Waals surface area (Å²) in [5.41, 5.74) is 5.73. The Morgan fingerprint density at radius 2 is 1.83 bits per heavy atom. The van der Waals surface area contributed by atoms with Gasteiger partial charge in [-0.3, -0.25) is 4.79 Å². The van der Waals surface area contributed by atoms with E-state index in [1.54, 1.807) is 4.90 Å². The standard InChI is InChI=1S/C16H17F6N5O2S/c17-15(18,19)8-6-30-13(25-8)27-3-1-7(2-4-27)11(23)10-12(24)26-9(28)5-14(10,29)16(20,21)22/h6-7,29H,1-5,23H2,(H2,24,26,28). The highest BCUT2D eigenvalue weighted by Gasteiger charge is 2.60. The molecule has 5 N–H and O–H groups in total. The van der Waals surface area contributed by atoms with Crippen LogP contribution in [0.1, 0.15) is 25.0 Å². The predicted octanol–water partition coefficient (Wildman–Crippen LogP) is 2.17. The highest BCUT2D eigenvalue weighted by molar-refractivity contribution is 7.13. The summed E-state index contributed by atoms with van der Waals surface area (Å²) < 4.78 is 78.7. The van der Waals surface area contributed by atoms with Crippen LogP contribution in [-0.4, -0.2) is 46.7 Å². The number of anilines is 1. The summed E-state index contributed by atoms with van der Waals surface area (Å²) in [6.07, 6.45) is -10.7. The molecule has 0 aliphatic carbocycles. The molecule has 3 rings (SSSR count). The number of alkyl halides is 6. The van der Waals surface area contributed by atoms with Crippen molar-refractivity contribution in [1.82, 2.24) is 4.98 Å². The highest BCUT2D eigenvalue weighted by atomic mass is 32.1. The summed E-state index contributed by atoms with van der Waals surface area (Å²) in [5, 5.41) is 11.3. The Kier molecular flexibility index (Phi) is 5.52. The van der Waals surface area contributed by atoms with Gasteiger partial charge < -0.3 is 21.5 Å². The SMILES string of the molecule is NC1=NC(=O)CC(O)(C(F)(F)F)C1=C(N)C1CCN(c2nc(C(F)(F)F)cs2)CC1. The smallest absolute Gasteiger partial charge is 0.401 e. The van der Waals surface area contributed by atoms with Gasteiger partial charge in [-0.05, 0) is 12.8 Å². The second-order valence-electron chi connectivity index (χ2n) is 7.03. The molecule has 1 aromatic heterocycles. The lowest BCUT2D eigenvalue weighted by Gasteiger charge is -2.38. The first kappa shape index (κ1) is 22.3. The topological polar surface area (TPSA) is 118 Å². The van der Waals surface area contributed by atoms with Crippen molar-refractivity contribution < 1.29 is 36.2 Å². The van der Waals surface area contributed by atoms with E-state index in [0.717, 1.165) is 16.7 Å². The zero-order valence-electron chi connectivity index (χ0n) is 15.2. The van der Waals surface area contributed by atoms with Gasteiger partial charge in [0.05, 0.1) is 12.0 Å². The van der Waals surface area contributed by atoms with E-state index in [2.05, 4.69) is 9.98 Å². The molecule has 30 heavy (non-hydrogen) atoms. The van der Waals surface area contributed by atoms with Crippen LogP contribution in [0.4, 0.5) is 31.5 Å². The number of hydrogen-bond donors (Lipinski definition) is 3. The van der Waals surface area contributed by atoms with Gasteiger partial charge in [-0.1, -0.05) is 0 Å². The molecule has 1 aromatic rings. The van der Waals surface area contributed by atoms with Crippen LogP contribution in [0.25, 0.3) is 0 Å². The van der Waals surface area contributed by atoms with Crippen LogP contribution in [-0.2, 0) is 11.0 Å². The van der Waals surface area contributed by atoms with Gasteiger partial charge in [-0.15, -0.1) is 11.3 Å². The molecule has 0 bridgehead atoms. The number of thiazole rings is 1. The van der Waals surface area contributed by atoms with E-state index in [9.17, 15) is 36.2 Å². The number of aliphatic imine (C=N–C) groups is 1. The first-order chi connectivity index (χ1) is 13.7. The minimum atomic E-state index is -5.21. The molecule has 14 heteroatoms. The lowest BCUT2D eigenvalue weighted by Crippen LogP contribution is -2.55. The maximum atomic E-state index is 13.5. The zero-order valence-corrected chi connectivity index (χ0v) is 16.0. The maximum absolute atomic E-state index is 13.5. The predicted molar refractivity (Wildman–Crippen MR) is 95.5 cm³/mol. The van der Waals surface area contributed by atoms with E-state index in [4.69, 9.17) is 11.5 Å². The molecule has 1 fully saturated rings. The third-order valence-corrected chi connectivity index (χ3v) is 5.97. The number of aliphatic hydroxyl groups is 1. The van der Waals surface area contributed by atoms with Gasteiger partial charge in [0.25, 0.3) is 5.91 Å². The van der Waals surface area contributed by atoms with Crippen LogP contribution < -0.4 is 16.4 Å². The Balaban J connectivity index is 1.83. The lowest BCUT2D eigenvalue weighted by atomic mass is 9.80. The molecule has 0 radical (unpaired) electrons. The van der Waals surface area contributed by atoms with Gasteiger partial charge in [-0.2, -0.15) is 31.3 Å². The monoisotopic (exact) mass is 457 g/mol. The number of carbonyl (C=O) groups is 1. The van der Waals surface area contributed by atoms with Gasteiger partial charge in [0, 0.05) is 30.1 Å². The summed E-state index contributed by atoms with van der Waals surface area (Å²) in [7, 11) is 0. The van der Waals surface area contributed by atoms with E-state index >= 15 is 0 Å². The van der Waals surface area contributed by atoms with Crippen LogP contribution in [0, 0.1) is 5.92 Å². The van der Waals surface area contributed by atoms with Crippen molar-refractivity contribution in [2.24, 2.45) is 22.4 Å². The van der Waals surface area contributed by atoms with E-state index in [1.165, 1.54) is 0 Å². The Bertz CT molecular complexity index is 901. The molecule has 0 saturated carbocycles. The second-order valence-corrected chi connectivity index (χ2v) is 7.87. The van der Waals surface area contributed by atoms with Crippen molar-refractivity contribution >= 4 is 28.2 Å². The van der Waals surface area contributed by atoms with Crippen LogP contribution in [0.3, 0.4) is 0 Å². The molecule has 1 atom stereocenters. The van der Waals surface area contributed by atoms with Crippen molar-refractivity contribution in [1.29, 1.82) is 0 Å². The van der Waals surface area contributed by atoms with Gasteiger partial charge >= 0.3 is 12.4 Å². The quantitative estimate of drug-likeness (QED) is 0.586. The number of amidine groups is 1.